The van der Waals surface area contributed by atoms with Crippen molar-refractivity contribution in [3.8, 4) is 11.4 Å². The molecule has 0 aliphatic carbocycles. The van der Waals surface area contributed by atoms with Crippen LogP contribution < -0.4 is 15.8 Å². The summed E-state index contributed by atoms with van der Waals surface area (Å²) in [6, 6.07) is 7.60. The number of nitrogens with two attached hydrogens (primary N) is 1. The molecule has 0 bridgehead atoms. The highest BCUT2D eigenvalue weighted by Gasteiger charge is 2.35. The van der Waals surface area contributed by atoms with Crippen molar-refractivity contribution in [3.05, 3.63) is 42.5 Å². The van der Waals surface area contributed by atoms with Gasteiger partial charge in [-0.15, -0.1) is 0 Å². The lowest BCUT2D eigenvalue weighted by atomic mass is 10.1. The number of amides is 1. The summed E-state index contributed by atoms with van der Waals surface area (Å²) in [6.07, 6.45) is 4.36. The Labute approximate surface area is 141 Å². The number of hydrogen-bond donors (Lipinski definition) is 2. The van der Waals surface area contributed by atoms with Gasteiger partial charge in [0.15, 0.2) is 0 Å². The highest BCUT2D eigenvalue weighted by atomic mass is 16.5. The standard InChI is InChI=1S/C17H23N5O2/c1-19-17(23)15-9-12(18)10-21(15)11-16-20-7-8-22(16)13-3-5-14(24-2)6-4-13/h3-8,12,15H,9-11,18H2,1-2H3,(H,19,23)/t12-,15+/m1/s1. The van der Waals surface area contributed by atoms with Crippen LogP contribution in [0.15, 0.2) is 36.7 Å². The molecule has 2 aromatic rings. The number of likely N-dealkylation sites (tertiary alicyclic amines) is 1. The number of carbonyl (C=O) groups excluding carboxylic acids is 1. The lowest BCUT2D eigenvalue weighted by Crippen LogP contribution is -2.41. The van der Waals surface area contributed by atoms with Gasteiger partial charge >= 0.3 is 0 Å². The Morgan fingerprint density at radius 1 is 1.42 bits per heavy atom. The average molecular weight is 329 g/mol. The molecule has 0 unspecified atom stereocenters. The molecule has 3 N–H and O–H groups in total. The predicted octanol–water partition coefficient (Wildman–Crippen LogP) is 0.529. The lowest BCUT2D eigenvalue weighted by molar-refractivity contribution is -0.125. The Hall–Kier alpha value is -2.38. The van der Waals surface area contributed by atoms with E-state index in [0.717, 1.165) is 17.3 Å². The number of rotatable bonds is 5. The predicted molar refractivity (Wildman–Crippen MR) is 91.0 cm³/mol. The van der Waals surface area contributed by atoms with Crippen molar-refractivity contribution in [3.63, 3.8) is 0 Å². The first kappa shape index (κ1) is 16.5. The van der Waals surface area contributed by atoms with Crippen LogP contribution in [0.4, 0.5) is 0 Å². The van der Waals surface area contributed by atoms with Gasteiger partial charge in [-0.1, -0.05) is 0 Å². The zero-order chi connectivity index (χ0) is 17.1. The largest absolute Gasteiger partial charge is 0.497 e. The number of nitrogens with one attached hydrogen (secondary N) is 1. The van der Waals surface area contributed by atoms with E-state index in [4.69, 9.17) is 10.5 Å². The normalized spacial score (nSPS) is 21.0. The van der Waals surface area contributed by atoms with Gasteiger partial charge in [0, 0.05) is 37.7 Å². The van der Waals surface area contributed by atoms with Gasteiger partial charge in [-0.2, -0.15) is 0 Å². The molecule has 24 heavy (non-hydrogen) atoms. The first-order chi connectivity index (χ1) is 11.6. The summed E-state index contributed by atoms with van der Waals surface area (Å²) in [5.41, 5.74) is 7.06. The van der Waals surface area contributed by atoms with E-state index in [-0.39, 0.29) is 18.0 Å². The van der Waals surface area contributed by atoms with E-state index in [1.165, 1.54) is 0 Å². The van der Waals surface area contributed by atoms with E-state index in [1.807, 2.05) is 35.0 Å². The molecule has 1 aromatic carbocycles. The summed E-state index contributed by atoms with van der Waals surface area (Å²) in [7, 11) is 3.30. The highest BCUT2D eigenvalue weighted by Crippen LogP contribution is 2.21. The Morgan fingerprint density at radius 2 is 2.17 bits per heavy atom. The van der Waals surface area contributed by atoms with Gasteiger partial charge in [0.2, 0.25) is 5.91 Å². The first-order valence-corrected chi connectivity index (χ1v) is 8.00. The number of aromatic nitrogens is 2. The molecule has 1 saturated heterocycles. The molecule has 2 atom stereocenters. The van der Waals surface area contributed by atoms with Gasteiger partial charge in [-0.05, 0) is 30.7 Å². The fourth-order valence-corrected chi connectivity index (χ4v) is 3.16. The van der Waals surface area contributed by atoms with Crippen molar-refractivity contribution in [2.45, 2.75) is 25.0 Å². The van der Waals surface area contributed by atoms with Crippen molar-refractivity contribution in [1.82, 2.24) is 19.8 Å². The van der Waals surface area contributed by atoms with E-state index >= 15 is 0 Å². The molecule has 1 aromatic heterocycles. The Morgan fingerprint density at radius 3 is 2.83 bits per heavy atom. The minimum Gasteiger partial charge on any atom is -0.497 e. The smallest absolute Gasteiger partial charge is 0.237 e. The molecule has 7 heteroatoms. The van der Waals surface area contributed by atoms with Crippen molar-refractivity contribution < 1.29 is 9.53 Å². The second-order valence-corrected chi connectivity index (χ2v) is 5.97. The van der Waals surface area contributed by atoms with Crippen LogP contribution in [0.25, 0.3) is 5.69 Å². The molecule has 2 heterocycles. The molecule has 1 amide bonds. The summed E-state index contributed by atoms with van der Waals surface area (Å²) in [5, 5.41) is 2.72. The Bertz CT molecular complexity index is 697. The van der Waals surface area contributed by atoms with E-state index in [1.54, 1.807) is 20.4 Å². The fourth-order valence-electron chi connectivity index (χ4n) is 3.16. The van der Waals surface area contributed by atoms with E-state index in [2.05, 4.69) is 15.2 Å². The van der Waals surface area contributed by atoms with Crippen LogP contribution in [-0.2, 0) is 11.3 Å². The van der Waals surface area contributed by atoms with Crippen LogP contribution in [-0.4, -0.2) is 53.1 Å². The maximum absolute atomic E-state index is 12.1. The summed E-state index contributed by atoms with van der Waals surface area (Å²) in [6.45, 7) is 1.26. The Balaban J connectivity index is 1.81. The monoisotopic (exact) mass is 329 g/mol. The zero-order valence-corrected chi connectivity index (χ0v) is 14.0. The second-order valence-electron chi connectivity index (χ2n) is 5.97. The molecule has 0 radical (unpaired) electrons. The first-order valence-electron chi connectivity index (χ1n) is 8.00. The number of nitrogens with zero attached hydrogens (tertiary/aromatic N) is 3. The molecule has 128 valence electrons. The molecule has 0 spiro atoms. The van der Waals surface area contributed by atoms with Crippen LogP contribution in [0.5, 0.6) is 5.75 Å². The van der Waals surface area contributed by atoms with Crippen LogP contribution >= 0.6 is 0 Å². The van der Waals surface area contributed by atoms with Crippen LogP contribution in [0.2, 0.25) is 0 Å². The van der Waals surface area contributed by atoms with Crippen molar-refractivity contribution in [2.75, 3.05) is 20.7 Å². The van der Waals surface area contributed by atoms with Crippen LogP contribution in [0.3, 0.4) is 0 Å². The van der Waals surface area contributed by atoms with E-state index < -0.39 is 0 Å². The van der Waals surface area contributed by atoms with Gasteiger partial charge in [0.25, 0.3) is 0 Å². The second kappa shape index (κ2) is 7.02. The molecule has 1 fully saturated rings. The third-order valence-electron chi connectivity index (χ3n) is 4.40. The summed E-state index contributed by atoms with van der Waals surface area (Å²) < 4.78 is 7.22. The molecule has 3 rings (SSSR count). The molecule has 7 nitrogen and oxygen atoms in total. The van der Waals surface area contributed by atoms with E-state index in [0.29, 0.717) is 19.5 Å². The fraction of sp³-hybridized carbons (Fsp3) is 0.412. The van der Waals surface area contributed by atoms with Crippen molar-refractivity contribution >= 4 is 5.91 Å². The number of hydrogen-bond acceptors (Lipinski definition) is 5. The number of ether oxygens (including phenoxy) is 1. The third kappa shape index (κ3) is 3.27. The van der Waals surface area contributed by atoms with Gasteiger partial charge in [-0.3, -0.25) is 9.69 Å². The zero-order valence-electron chi connectivity index (χ0n) is 14.0. The number of imidazole rings is 1. The van der Waals surface area contributed by atoms with E-state index in [9.17, 15) is 4.79 Å². The maximum Gasteiger partial charge on any atom is 0.237 e. The molecule has 1 aliphatic rings. The van der Waals surface area contributed by atoms with Gasteiger partial charge in [-0.25, -0.2) is 4.98 Å². The summed E-state index contributed by atoms with van der Waals surface area (Å²) in [4.78, 5) is 18.6. The highest BCUT2D eigenvalue weighted by molar-refractivity contribution is 5.81. The molecule has 0 saturated carbocycles. The number of methoxy groups -OCH3 is 1. The summed E-state index contributed by atoms with van der Waals surface area (Å²) in [5.74, 6) is 1.69. The van der Waals surface area contributed by atoms with Crippen molar-refractivity contribution in [1.29, 1.82) is 0 Å². The lowest BCUT2D eigenvalue weighted by Gasteiger charge is -2.22. The summed E-state index contributed by atoms with van der Waals surface area (Å²) >= 11 is 0. The number of benzene rings is 1. The SMILES string of the molecule is CNC(=O)[C@@H]1C[C@@H](N)CN1Cc1nccn1-c1ccc(OC)cc1. The minimum absolute atomic E-state index is 0.00510. The van der Waals surface area contributed by atoms with Crippen molar-refractivity contribution in [2.24, 2.45) is 5.73 Å². The third-order valence-corrected chi connectivity index (χ3v) is 4.40. The number of likely N-dealkylation sites (N-methyl/N-ethyl adjacent to an activating group) is 1. The number of carbonyl (C=O) groups is 1. The molecule has 1 aliphatic heterocycles. The van der Waals surface area contributed by atoms with Crippen LogP contribution in [0.1, 0.15) is 12.2 Å². The quantitative estimate of drug-likeness (QED) is 0.836. The molecular weight excluding hydrogens is 306 g/mol. The van der Waals surface area contributed by atoms with Gasteiger partial charge in [0.05, 0.1) is 19.7 Å². The molecular formula is C17H23N5O2. The topological polar surface area (TPSA) is 85.4 Å². The van der Waals surface area contributed by atoms with Gasteiger partial charge in [0.1, 0.15) is 11.6 Å². The maximum atomic E-state index is 12.1. The van der Waals surface area contributed by atoms with Crippen LogP contribution in [0, 0.1) is 0 Å². The average Bonchev–Trinajstić information content (AvgIpc) is 3.21. The van der Waals surface area contributed by atoms with Gasteiger partial charge < -0.3 is 20.4 Å². The Kier molecular flexibility index (Phi) is 4.82. The minimum atomic E-state index is -0.203.